The van der Waals surface area contributed by atoms with Crippen LogP contribution in [0.25, 0.3) is 0 Å². The minimum atomic E-state index is -0.808. The summed E-state index contributed by atoms with van der Waals surface area (Å²) in [6, 6.07) is 8.81. The summed E-state index contributed by atoms with van der Waals surface area (Å²) in [4.78, 5) is 24.2. The van der Waals surface area contributed by atoms with Crippen molar-refractivity contribution in [1.29, 1.82) is 0 Å². The fourth-order valence-corrected chi connectivity index (χ4v) is 2.47. The molecule has 0 bridgehead atoms. The van der Waals surface area contributed by atoms with Crippen LogP contribution in [-0.2, 0) is 4.74 Å². The largest absolute Gasteiger partial charge is 0.507 e. The molecule has 1 aliphatic rings. The highest BCUT2D eigenvalue weighted by Crippen LogP contribution is 2.30. The van der Waals surface area contributed by atoms with Crippen LogP contribution < -0.4 is 9.47 Å². The number of hydrogen-bond donors (Lipinski definition) is 1. The van der Waals surface area contributed by atoms with Crippen molar-refractivity contribution < 1.29 is 28.9 Å². The Kier molecular flexibility index (Phi) is 5.09. The smallest absolute Gasteiger partial charge is 0.342 e. The average Bonchev–Trinajstić information content (AvgIpc) is 2.84. The van der Waals surface area contributed by atoms with Gasteiger partial charge >= 0.3 is 5.97 Å². The first kappa shape index (κ1) is 17.1. The molecule has 0 atom stereocenters. The third-order valence-electron chi connectivity index (χ3n) is 3.58. The Morgan fingerprint density at radius 2 is 1.84 bits per heavy atom. The van der Waals surface area contributed by atoms with Crippen molar-refractivity contribution >= 4 is 23.4 Å². The number of phenols is 1. The van der Waals surface area contributed by atoms with E-state index >= 15 is 0 Å². The third-order valence-corrected chi connectivity index (χ3v) is 3.82. The second kappa shape index (κ2) is 7.44. The van der Waals surface area contributed by atoms with Gasteiger partial charge in [-0.25, -0.2) is 4.79 Å². The third kappa shape index (κ3) is 4.03. The van der Waals surface area contributed by atoms with Gasteiger partial charge in [0.15, 0.2) is 23.9 Å². The van der Waals surface area contributed by atoms with Crippen molar-refractivity contribution in [1.82, 2.24) is 0 Å². The van der Waals surface area contributed by atoms with Crippen LogP contribution in [0.5, 0.6) is 17.2 Å². The van der Waals surface area contributed by atoms with Gasteiger partial charge in [0.25, 0.3) is 0 Å². The standard InChI is InChI=1S/C18H15ClO6/c19-12-3-4-13(14(20)9-12)18(22)25-10-15(21)11-2-5-16-17(8-11)24-7-1-6-23-16/h2-5,8-9,20H,1,6-7,10H2. The number of carbonyl (C=O) groups excluding carboxylic acids is 2. The van der Waals surface area contributed by atoms with Crippen molar-refractivity contribution in [2.75, 3.05) is 19.8 Å². The zero-order valence-corrected chi connectivity index (χ0v) is 13.9. The fraction of sp³-hybridized carbons (Fsp3) is 0.222. The molecule has 3 rings (SSSR count). The Hall–Kier alpha value is -2.73. The minimum Gasteiger partial charge on any atom is -0.507 e. The Morgan fingerprint density at radius 1 is 1.08 bits per heavy atom. The number of phenolic OH excluding ortho intramolecular Hbond substituents is 1. The number of hydrogen-bond acceptors (Lipinski definition) is 6. The van der Waals surface area contributed by atoms with Gasteiger partial charge in [-0.05, 0) is 36.4 Å². The Bertz CT molecular complexity index is 817. The number of esters is 1. The van der Waals surface area contributed by atoms with Crippen molar-refractivity contribution in [3.63, 3.8) is 0 Å². The SMILES string of the molecule is O=C(COC(=O)c1ccc(Cl)cc1O)c1ccc2c(c1)OCCCO2. The number of ether oxygens (including phenoxy) is 3. The predicted molar refractivity (Wildman–Crippen MR) is 89.8 cm³/mol. The van der Waals surface area contributed by atoms with Crippen LogP contribution in [0.15, 0.2) is 36.4 Å². The summed E-state index contributed by atoms with van der Waals surface area (Å²) in [5.74, 6) is -0.433. The van der Waals surface area contributed by atoms with Crippen LogP contribution in [0, 0.1) is 0 Å². The summed E-state index contributed by atoms with van der Waals surface area (Å²) in [5.41, 5.74) is 0.285. The van der Waals surface area contributed by atoms with Gasteiger partial charge in [-0.15, -0.1) is 0 Å². The molecule has 0 radical (unpaired) electrons. The molecule has 2 aromatic rings. The highest BCUT2D eigenvalue weighted by atomic mass is 35.5. The highest BCUT2D eigenvalue weighted by molar-refractivity contribution is 6.30. The van der Waals surface area contributed by atoms with E-state index in [9.17, 15) is 14.7 Å². The zero-order valence-electron chi connectivity index (χ0n) is 13.2. The molecule has 25 heavy (non-hydrogen) atoms. The number of fused-ring (bicyclic) bond motifs is 1. The number of rotatable bonds is 4. The molecular weight excluding hydrogens is 348 g/mol. The van der Waals surface area contributed by atoms with E-state index in [4.69, 9.17) is 25.8 Å². The number of halogens is 1. The van der Waals surface area contributed by atoms with E-state index in [2.05, 4.69) is 0 Å². The van der Waals surface area contributed by atoms with Crippen molar-refractivity contribution in [3.05, 3.63) is 52.5 Å². The lowest BCUT2D eigenvalue weighted by molar-refractivity contribution is 0.0471. The number of benzene rings is 2. The van der Waals surface area contributed by atoms with Crippen LogP contribution >= 0.6 is 11.6 Å². The van der Waals surface area contributed by atoms with E-state index in [0.717, 1.165) is 6.42 Å². The lowest BCUT2D eigenvalue weighted by Gasteiger charge is -2.09. The Balaban J connectivity index is 1.66. The number of carbonyl (C=O) groups is 2. The Morgan fingerprint density at radius 3 is 2.60 bits per heavy atom. The molecule has 0 saturated heterocycles. The van der Waals surface area contributed by atoms with Crippen molar-refractivity contribution in [3.8, 4) is 17.2 Å². The summed E-state index contributed by atoms with van der Waals surface area (Å²) in [6.45, 7) is 0.610. The zero-order chi connectivity index (χ0) is 17.8. The molecule has 0 amide bonds. The summed E-state index contributed by atoms with van der Waals surface area (Å²) in [7, 11) is 0. The average molecular weight is 363 g/mol. The van der Waals surface area contributed by atoms with Gasteiger partial charge in [0, 0.05) is 17.0 Å². The normalized spacial score (nSPS) is 13.0. The molecule has 7 heteroatoms. The first-order valence-corrected chi connectivity index (χ1v) is 8.01. The maximum atomic E-state index is 12.2. The fourth-order valence-electron chi connectivity index (χ4n) is 2.31. The lowest BCUT2D eigenvalue weighted by Crippen LogP contribution is -2.14. The van der Waals surface area contributed by atoms with Gasteiger partial charge in [0.2, 0.25) is 0 Å². The molecule has 1 aliphatic heterocycles. The molecule has 1 N–H and O–H groups in total. The van der Waals surface area contributed by atoms with Crippen molar-refractivity contribution in [2.24, 2.45) is 0 Å². The molecule has 0 fully saturated rings. The van der Waals surface area contributed by atoms with E-state index < -0.39 is 18.4 Å². The summed E-state index contributed by atoms with van der Waals surface area (Å²) in [6.07, 6.45) is 0.764. The molecular formula is C18H15ClO6. The molecule has 0 aromatic heterocycles. The second-order valence-electron chi connectivity index (χ2n) is 5.37. The van der Waals surface area contributed by atoms with Gasteiger partial charge < -0.3 is 19.3 Å². The molecule has 0 aliphatic carbocycles. The monoisotopic (exact) mass is 362 g/mol. The van der Waals surface area contributed by atoms with Gasteiger partial charge in [-0.2, -0.15) is 0 Å². The summed E-state index contributed by atoms with van der Waals surface area (Å²) < 4.78 is 16.0. The number of Topliss-reactive ketones (excluding diaryl/α,β-unsaturated/α-hetero) is 1. The predicted octanol–water partition coefficient (Wildman–Crippen LogP) is 3.25. The van der Waals surface area contributed by atoms with E-state index in [1.54, 1.807) is 18.2 Å². The van der Waals surface area contributed by atoms with Gasteiger partial charge in [0.05, 0.1) is 13.2 Å². The van der Waals surface area contributed by atoms with Gasteiger partial charge in [-0.1, -0.05) is 11.6 Å². The van der Waals surface area contributed by atoms with E-state index in [0.29, 0.717) is 30.3 Å². The molecule has 1 heterocycles. The molecule has 2 aromatic carbocycles. The topological polar surface area (TPSA) is 82.1 Å². The van der Waals surface area contributed by atoms with Crippen molar-refractivity contribution in [2.45, 2.75) is 6.42 Å². The van der Waals surface area contributed by atoms with Crippen LogP contribution in [0.3, 0.4) is 0 Å². The molecule has 6 nitrogen and oxygen atoms in total. The Labute approximate surface area is 148 Å². The molecule has 0 unspecified atom stereocenters. The number of ketones is 1. The van der Waals surface area contributed by atoms with Gasteiger partial charge in [-0.3, -0.25) is 4.79 Å². The van der Waals surface area contributed by atoms with E-state index in [-0.39, 0.29) is 16.3 Å². The maximum Gasteiger partial charge on any atom is 0.342 e. The molecule has 130 valence electrons. The first-order chi connectivity index (χ1) is 12.0. The molecule has 0 saturated carbocycles. The first-order valence-electron chi connectivity index (χ1n) is 7.63. The minimum absolute atomic E-state index is 0.0594. The van der Waals surface area contributed by atoms with Crippen LogP contribution in [0.1, 0.15) is 27.1 Å². The quantitative estimate of drug-likeness (QED) is 0.664. The number of aromatic hydroxyl groups is 1. The van der Waals surface area contributed by atoms with Gasteiger partial charge in [0.1, 0.15) is 11.3 Å². The van der Waals surface area contributed by atoms with Crippen LogP contribution in [0.2, 0.25) is 5.02 Å². The molecule has 0 spiro atoms. The van der Waals surface area contributed by atoms with Crippen LogP contribution in [-0.4, -0.2) is 36.7 Å². The summed E-state index contributed by atoms with van der Waals surface area (Å²) in [5, 5.41) is 9.99. The second-order valence-corrected chi connectivity index (χ2v) is 5.81. The maximum absolute atomic E-state index is 12.2. The lowest BCUT2D eigenvalue weighted by atomic mass is 10.1. The highest BCUT2D eigenvalue weighted by Gasteiger charge is 2.18. The summed E-state index contributed by atoms with van der Waals surface area (Å²) >= 11 is 5.71. The van der Waals surface area contributed by atoms with E-state index in [1.165, 1.54) is 18.2 Å². The van der Waals surface area contributed by atoms with E-state index in [1.807, 2.05) is 0 Å². The van der Waals surface area contributed by atoms with Crippen LogP contribution in [0.4, 0.5) is 0 Å².